The number of hydrazine groups is 1. The molecule has 1 aliphatic heterocycles. The van der Waals surface area contributed by atoms with E-state index in [0.717, 1.165) is 23.3 Å². The maximum absolute atomic E-state index is 13.1. The Morgan fingerprint density at radius 1 is 0.844 bits per heavy atom. The highest BCUT2D eigenvalue weighted by Crippen LogP contribution is 2.28. The molecule has 10 heteroatoms. The Balaban J connectivity index is 1.36. The molecule has 0 spiro atoms. The summed E-state index contributed by atoms with van der Waals surface area (Å²) < 4.78 is 39.6. The molecular weight excluding hydrogens is 453 g/mol. The van der Waals surface area contributed by atoms with E-state index in [1.165, 1.54) is 52.0 Å². The van der Waals surface area contributed by atoms with Gasteiger partial charge in [0.15, 0.2) is 0 Å². The molecule has 7 nitrogen and oxygen atoms in total. The van der Waals surface area contributed by atoms with Crippen LogP contribution in [-0.4, -0.2) is 37.6 Å². The maximum Gasteiger partial charge on any atom is 0.279 e. The van der Waals surface area contributed by atoms with Gasteiger partial charge in [-0.25, -0.2) is 12.8 Å². The van der Waals surface area contributed by atoms with E-state index < -0.39 is 21.8 Å². The van der Waals surface area contributed by atoms with Crippen LogP contribution in [0.3, 0.4) is 0 Å². The fraction of sp³-hybridized carbons (Fsp3) is 0.182. The normalized spacial score (nSPS) is 14.3. The Kier molecular flexibility index (Phi) is 6.35. The number of carbonyl (C=O) groups is 2. The van der Waals surface area contributed by atoms with Crippen LogP contribution in [0.5, 0.6) is 0 Å². The summed E-state index contributed by atoms with van der Waals surface area (Å²) in [6, 6.07) is 14.9. The predicted molar refractivity (Wildman–Crippen MR) is 119 cm³/mol. The van der Waals surface area contributed by atoms with Crippen molar-refractivity contribution in [3.63, 3.8) is 0 Å². The Bertz CT molecular complexity index is 1230. The number of carbonyl (C=O) groups excluding carboxylic acids is 2. The lowest BCUT2D eigenvalue weighted by Crippen LogP contribution is -2.41. The van der Waals surface area contributed by atoms with Crippen LogP contribution in [0.15, 0.2) is 65.6 Å². The van der Waals surface area contributed by atoms with Gasteiger partial charge in [0.05, 0.1) is 9.77 Å². The molecule has 0 unspecified atom stereocenters. The van der Waals surface area contributed by atoms with Crippen molar-refractivity contribution in [2.24, 2.45) is 0 Å². The molecule has 0 atom stereocenters. The number of nitrogens with one attached hydrogen (secondary N) is 2. The molecule has 2 aromatic carbocycles. The van der Waals surface area contributed by atoms with Gasteiger partial charge < -0.3 is 0 Å². The number of thiophene rings is 1. The molecule has 0 radical (unpaired) electrons. The summed E-state index contributed by atoms with van der Waals surface area (Å²) in [5, 5.41) is 0. The quantitative estimate of drug-likeness (QED) is 0.555. The van der Waals surface area contributed by atoms with Crippen molar-refractivity contribution >= 4 is 33.2 Å². The van der Waals surface area contributed by atoms with Crippen molar-refractivity contribution in [2.45, 2.75) is 17.7 Å². The average Bonchev–Trinajstić information content (AvgIpc) is 3.51. The molecule has 1 aliphatic rings. The second-order valence-corrected chi connectivity index (χ2v) is 10.2. The van der Waals surface area contributed by atoms with Crippen LogP contribution >= 0.6 is 11.3 Å². The van der Waals surface area contributed by atoms with Crippen LogP contribution in [0, 0.1) is 5.82 Å². The van der Waals surface area contributed by atoms with E-state index in [4.69, 9.17) is 0 Å². The van der Waals surface area contributed by atoms with E-state index >= 15 is 0 Å². The van der Waals surface area contributed by atoms with Crippen LogP contribution in [0.4, 0.5) is 4.39 Å². The standard InChI is InChI=1S/C22H20FN3O4S2/c23-17-7-3-15(4-8-17)19-11-12-20(31-19)22(28)25-24-21(27)16-5-9-18(10-6-16)32(29,30)26-13-1-2-14-26/h3-12H,1-2,13-14H2,(H,24,27)(H,25,28). The van der Waals surface area contributed by atoms with Gasteiger partial charge in [-0.1, -0.05) is 12.1 Å². The van der Waals surface area contributed by atoms with E-state index in [-0.39, 0.29) is 16.3 Å². The third-order valence-electron chi connectivity index (χ3n) is 5.07. The van der Waals surface area contributed by atoms with Crippen molar-refractivity contribution in [1.82, 2.24) is 15.2 Å². The van der Waals surface area contributed by atoms with Gasteiger partial charge in [0.2, 0.25) is 10.0 Å². The van der Waals surface area contributed by atoms with Gasteiger partial charge in [0.1, 0.15) is 5.82 Å². The molecule has 32 heavy (non-hydrogen) atoms. The van der Waals surface area contributed by atoms with Crippen LogP contribution in [-0.2, 0) is 10.0 Å². The first-order valence-electron chi connectivity index (χ1n) is 9.91. The highest BCUT2D eigenvalue weighted by atomic mass is 32.2. The Morgan fingerprint density at radius 2 is 1.47 bits per heavy atom. The zero-order chi connectivity index (χ0) is 22.7. The van der Waals surface area contributed by atoms with E-state index in [0.29, 0.717) is 18.0 Å². The molecule has 2 heterocycles. The summed E-state index contributed by atoms with van der Waals surface area (Å²) in [6.07, 6.45) is 1.68. The van der Waals surface area contributed by atoms with Crippen LogP contribution < -0.4 is 10.9 Å². The molecule has 2 amide bonds. The zero-order valence-electron chi connectivity index (χ0n) is 16.9. The summed E-state index contributed by atoms with van der Waals surface area (Å²) in [6.45, 7) is 1.00. The monoisotopic (exact) mass is 473 g/mol. The predicted octanol–water partition coefficient (Wildman–Crippen LogP) is 3.41. The van der Waals surface area contributed by atoms with Gasteiger partial charge in [-0.2, -0.15) is 4.31 Å². The smallest absolute Gasteiger partial charge is 0.267 e. The molecule has 3 aromatic rings. The minimum absolute atomic E-state index is 0.131. The van der Waals surface area contributed by atoms with E-state index in [1.54, 1.807) is 24.3 Å². The van der Waals surface area contributed by atoms with Crippen molar-refractivity contribution < 1.29 is 22.4 Å². The van der Waals surface area contributed by atoms with Gasteiger partial charge >= 0.3 is 0 Å². The molecule has 2 N–H and O–H groups in total. The fourth-order valence-electron chi connectivity index (χ4n) is 3.33. The maximum atomic E-state index is 13.1. The Hall–Kier alpha value is -3.08. The minimum Gasteiger partial charge on any atom is -0.267 e. The molecule has 0 aliphatic carbocycles. The lowest BCUT2D eigenvalue weighted by Gasteiger charge is -2.15. The number of halogens is 1. The summed E-state index contributed by atoms with van der Waals surface area (Å²) >= 11 is 1.21. The summed E-state index contributed by atoms with van der Waals surface area (Å²) in [5.74, 6) is -1.41. The van der Waals surface area contributed by atoms with E-state index in [1.807, 2.05) is 0 Å². The molecule has 1 saturated heterocycles. The first-order chi connectivity index (χ1) is 15.3. The van der Waals surface area contributed by atoms with Gasteiger partial charge in [0, 0.05) is 23.5 Å². The highest BCUT2D eigenvalue weighted by molar-refractivity contribution is 7.89. The van der Waals surface area contributed by atoms with Gasteiger partial charge in [-0.15, -0.1) is 11.3 Å². The lowest BCUT2D eigenvalue weighted by atomic mass is 10.2. The number of hydrogen-bond acceptors (Lipinski definition) is 5. The topological polar surface area (TPSA) is 95.6 Å². The number of hydrogen-bond donors (Lipinski definition) is 2. The molecule has 0 bridgehead atoms. The molecule has 4 rings (SSSR count). The summed E-state index contributed by atoms with van der Waals surface area (Å²) in [4.78, 5) is 26.0. The van der Waals surface area contributed by atoms with Crippen LogP contribution in [0.2, 0.25) is 0 Å². The number of nitrogens with zero attached hydrogens (tertiary/aromatic N) is 1. The van der Waals surface area contributed by atoms with Gasteiger partial charge in [-0.3, -0.25) is 20.4 Å². The zero-order valence-corrected chi connectivity index (χ0v) is 18.5. The SMILES string of the molecule is O=C(NNC(=O)c1ccc(-c2ccc(F)cc2)s1)c1ccc(S(=O)(=O)N2CCCC2)cc1. The first-order valence-corrected chi connectivity index (χ1v) is 12.2. The van der Waals surface area contributed by atoms with Crippen molar-refractivity contribution in [1.29, 1.82) is 0 Å². The molecule has 1 aromatic heterocycles. The first kappa shape index (κ1) is 22.1. The second kappa shape index (κ2) is 9.19. The van der Waals surface area contributed by atoms with Crippen LogP contribution in [0.1, 0.15) is 32.9 Å². The average molecular weight is 474 g/mol. The summed E-state index contributed by atoms with van der Waals surface area (Å²) in [5.41, 5.74) is 5.66. The fourth-order valence-corrected chi connectivity index (χ4v) is 5.76. The largest absolute Gasteiger partial charge is 0.279 e. The highest BCUT2D eigenvalue weighted by Gasteiger charge is 2.27. The molecular formula is C22H20FN3O4S2. The molecule has 1 fully saturated rings. The van der Waals surface area contributed by atoms with Crippen molar-refractivity contribution in [3.05, 3.63) is 76.9 Å². The van der Waals surface area contributed by atoms with Crippen molar-refractivity contribution in [2.75, 3.05) is 13.1 Å². The van der Waals surface area contributed by atoms with Crippen molar-refractivity contribution in [3.8, 4) is 10.4 Å². The Morgan fingerprint density at radius 3 is 2.12 bits per heavy atom. The molecule has 166 valence electrons. The minimum atomic E-state index is -3.55. The molecule has 0 saturated carbocycles. The lowest BCUT2D eigenvalue weighted by molar-refractivity contribution is 0.0849. The third kappa shape index (κ3) is 4.72. The van der Waals surface area contributed by atoms with E-state index in [2.05, 4.69) is 10.9 Å². The van der Waals surface area contributed by atoms with Gasteiger partial charge in [-0.05, 0) is 66.9 Å². The number of benzene rings is 2. The number of rotatable bonds is 5. The van der Waals surface area contributed by atoms with Crippen LogP contribution in [0.25, 0.3) is 10.4 Å². The van der Waals surface area contributed by atoms with E-state index in [9.17, 15) is 22.4 Å². The third-order valence-corrected chi connectivity index (χ3v) is 8.11. The number of sulfonamides is 1. The summed E-state index contributed by atoms with van der Waals surface area (Å²) in [7, 11) is -3.55. The Labute approximate surface area is 188 Å². The second-order valence-electron chi connectivity index (χ2n) is 7.21. The number of amides is 2. The van der Waals surface area contributed by atoms with Gasteiger partial charge in [0.25, 0.3) is 11.8 Å².